The van der Waals surface area contributed by atoms with Gasteiger partial charge in [0, 0.05) is 32.1 Å². The third-order valence-electron chi connectivity index (χ3n) is 4.98. The molecular weight excluding hydrogens is 451 g/mol. The molecule has 30 heavy (non-hydrogen) atoms. The molecule has 4 rings (SSSR count). The molecule has 5 nitrogen and oxygen atoms in total. The standard InChI is InChI=1S/C23H18BrFN2O3/c24-16-7-10-23(30-14-15-5-8-17(25)9-6-15)19(11-16)21(13-27(28)29)20-12-26-22-4-2-1-3-18(20)22/h1-12,21,26H,13-14H2/t21-/m0/s1. The van der Waals surface area contributed by atoms with Crippen molar-refractivity contribution < 1.29 is 14.1 Å². The number of aromatic amines is 1. The molecule has 0 saturated carbocycles. The number of nitrogens with one attached hydrogen (secondary N) is 1. The molecule has 3 aromatic carbocycles. The summed E-state index contributed by atoms with van der Waals surface area (Å²) in [4.78, 5) is 14.4. The molecule has 7 heteroatoms. The number of halogens is 2. The maximum atomic E-state index is 13.2. The number of hydrogen-bond donors (Lipinski definition) is 1. The fourth-order valence-corrected chi connectivity index (χ4v) is 3.94. The van der Waals surface area contributed by atoms with E-state index in [1.807, 2.05) is 42.6 Å². The zero-order valence-electron chi connectivity index (χ0n) is 15.8. The Hall–Kier alpha value is -3.19. The number of hydrogen-bond acceptors (Lipinski definition) is 3. The third-order valence-corrected chi connectivity index (χ3v) is 5.48. The number of ether oxygens (including phenoxy) is 1. The highest BCUT2D eigenvalue weighted by atomic mass is 79.9. The summed E-state index contributed by atoms with van der Waals surface area (Å²) in [5.41, 5.74) is 3.28. The molecule has 0 aliphatic carbocycles. The zero-order valence-corrected chi connectivity index (χ0v) is 17.4. The van der Waals surface area contributed by atoms with Gasteiger partial charge in [-0.3, -0.25) is 10.1 Å². The van der Waals surface area contributed by atoms with Crippen molar-refractivity contribution in [3.8, 4) is 5.75 Å². The normalized spacial score (nSPS) is 12.1. The van der Waals surface area contributed by atoms with E-state index in [1.54, 1.807) is 18.2 Å². The summed E-state index contributed by atoms with van der Waals surface area (Å²) < 4.78 is 20.0. The maximum Gasteiger partial charge on any atom is 0.214 e. The van der Waals surface area contributed by atoms with Crippen LogP contribution in [0, 0.1) is 15.9 Å². The second kappa shape index (κ2) is 8.67. The van der Waals surface area contributed by atoms with E-state index in [4.69, 9.17) is 4.74 Å². The first-order chi connectivity index (χ1) is 14.5. The topological polar surface area (TPSA) is 68.2 Å². The lowest BCUT2D eigenvalue weighted by atomic mass is 9.90. The van der Waals surface area contributed by atoms with E-state index in [0.717, 1.165) is 26.5 Å². The summed E-state index contributed by atoms with van der Waals surface area (Å²) in [6.45, 7) is -0.0425. The van der Waals surface area contributed by atoms with Gasteiger partial charge >= 0.3 is 0 Å². The number of H-pyrrole nitrogens is 1. The number of benzene rings is 3. The van der Waals surface area contributed by atoms with E-state index in [2.05, 4.69) is 20.9 Å². The van der Waals surface area contributed by atoms with Crippen LogP contribution in [0.3, 0.4) is 0 Å². The van der Waals surface area contributed by atoms with Crippen molar-refractivity contribution in [3.05, 3.63) is 110 Å². The molecule has 0 bridgehead atoms. The van der Waals surface area contributed by atoms with Gasteiger partial charge in [0.25, 0.3) is 0 Å². The van der Waals surface area contributed by atoms with E-state index in [1.165, 1.54) is 12.1 Å². The van der Waals surface area contributed by atoms with Gasteiger partial charge in [0.05, 0.1) is 5.92 Å². The molecule has 0 aliphatic heterocycles. The molecule has 0 spiro atoms. The molecule has 4 aromatic rings. The van der Waals surface area contributed by atoms with Gasteiger partial charge in [0.2, 0.25) is 6.54 Å². The SMILES string of the molecule is O=[N+]([O-])C[C@@H](c1cc(Br)ccc1OCc1ccc(F)cc1)c1c[nH]c2ccccc12. The Bertz CT molecular complexity index is 1190. The van der Waals surface area contributed by atoms with Crippen LogP contribution in [-0.2, 0) is 6.61 Å². The summed E-state index contributed by atoms with van der Waals surface area (Å²) in [6, 6.07) is 19.3. The molecule has 1 atom stereocenters. The number of aromatic nitrogens is 1. The highest BCUT2D eigenvalue weighted by Crippen LogP contribution is 2.37. The van der Waals surface area contributed by atoms with Crippen molar-refractivity contribution in [2.45, 2.75) is 12.5 Å². The fraction of sp³-hybridized carbons (Fsp3) is 0.130. The zero-order chi connectivity index (χ0) is 21.1. The molecule has 0 aliphatic rings. The minimum atomic E-state index is -0.503. The van der Waals surface area contributed by atoms with Gasteiger partial charge in [-0.25, -0.2) is 4.39 Å². The molecule has 0 amide bonds. The van der Waals surface area contributed by atoms with E-state index in [9.17, 15) is 14.5 Å². The van der Waals surface area contributed by atoms with Crippen LogP contribution >= 0.6 is 15.9 Å². The molecule has 0 saturated heterocycles. The quantitative estimate of drug-likeness (QED) is 0.264. The Morgan fingerprint density at radius 3 is 2.60 bits per heavy atom. The second-order valence-corrected chi connectivity index (χ2v) is 7.87. The lowest BCUT2D eigenvalue weighted by Gasteiger charge is -2.18. The Balaban J connectivity index is 1.73. The first kappa shape index (κ1) is 20.1. The Kier molecular flexibility index (Phi) is 5.81. The van der Waals surface area contributed by atoms with Crippen LogP contribution in [0.15, 0.2) is 77.4 Å². The van der Waals surface area contributed by atoms with Gasteiger partial charge in [-0.15, -0.1) is 0 Å². The predicted molar refractivity (Wildman–Crippen MR) is 117 cm³/mol. The molecule has 0 unspecified atom stereocenters. The van der Waals surface area contributed by atoms with Crippen molar-refractivity contribution in [2.75, 3.05) is 6.54 Å². The van der Waals surface area contributed by atoms with Crippen LogP contribution in [0.1, 0.15) is 22.6 Å². The lowest BCUT2D eigenvalue weighted by molar-refractivity contribution is -0.481. The van der Waals surface area contributed by atoms with Gasteiger partial charge in [0.15, 0.2) is 0 Å². The van der Waals surface area contributed by atoms with E-state index in [-0.39, 0.29) is 23.9 Å². The number of nitro groups is 1. The number of fused-ring (bicyclic) bond motifs is 1. The summed E-state index contributed by atoms with van der Waals surface area (Å²) in [7, 11) is 0. The lowest BCUT2D eigenvalue weighted by Crippen LogP contribution is -2.15. The fourth-order valence-electron chi connectivity index (χ4n) is 3.56. The Labute approximate surface area is 180 Å². The first-order valence-corrected chi connectivity index (χ1v) is 10.1. The van der Waals surface area contributed by atoms with Gasteiger partial charge < -0.3 is 9.72 Å². The summed E-state index contributed by atoms with van der Waals surface area (Å²) in [5.74, 6) is -0.259. The van der Waals surface area contributed by atoms with Crippen LogP contribution in [-0.4, -0.2) is 16.5 Å². The largest absolute Gasteiger partial charge is 0.489 e. The second-order valence-electron chi connectivity index (χ2n) is 6.95. The highest BCUT2D eigenvalue weighted by Gasteiger charge is 2.26. The Morgan fingerprint density at radius 2 is 1.83 bits per heavy atom. The van der Waals surface area contributed by atoms with Crippen LogP contribution < -0.4 is 4.74 Å². The van der Waals surface area contributed by atoms with Crippen molar-refractivity contribution in [1.82, 2.24) is 4.98 Å². The minimum Gasteiger partial charge on any atom is -0.489 e. The Morgan fingerprint density at radius 1 is 1.07 bits per heavy atom. The van der Waals surface area contributed by atoms with E-state index in [0.29, 0.717) is 11.3 Å². The van der Waals surface area contributed by atoms with Crippen LogP contribution in [0.4, 0.5) is 4.39 Å². The predicted octanol–water partition coefficient (Wildman–Crippen LogP) is 6.06. The van der Waals surface area contributed by atoms with Crippen molar-refractivity contribution in [3.63, 3.8) is 0 Å². The molecular formula is C23H18BrFN2O3. The molecule has 0 fully saturated rings. The molecule has 1 aromatic heterocycles. The highest BCUT2D eigenvalue weighted by molar-refractivity contribution is 9.10. The molecule has 152 valence electrons. The summed E-state index contributed by atoms with van der Waals surface area (Å²) >= 11 is 3.47. The smallest absolute Gasteiger partial charge is 0.214 e. The third kappa shape index (κ3) is 4.36. The van der Waals surface area contributed by atoms with Crippen LogP contribution in [0.25, 0.3) is 10.9 Å². The van der Waals surface area contributed by atoms with Gasteiger partial charge in [-0.05, 0) is 47.5 Å². The van der Waals surface area contributed by atoms with Crippen LogP contribution in [0.5, 0.6) is 5.75 Å². The summed E-state index contributed by atoms with van der Waals surface area (Å²) in [6.07, 6.45) is 1.82. The van der Waals surface area contributed by atoms with E-state index < -0.39 is 5.92 Å². The van der Waals surface area contributed by atoms with Crippen LogP contribution in [0.2, 0.25) is 0 Å². The number of para-hydroxylation sites is 1. The van der Waals surface area contributed by atoms with Crippen molar-refractivity contribution in [2.24, 2.45) is 0 Å². The van der Waals surface area contributed by atoms with Gasteiger partial charge in [-0.2, -0.15) is 0 Å². The van der Waals surface area contributed by atoms with Gasteiger partial charge in [-0.1, -0.05) is 46.3 Å². The first-order valence-electron chi connectivity index (χ1n) is 9.36. The van der Waals surface area contributed by atoms with Crippen molar-refractivity contribution in [1.29, 1.82) is 0 Å². The monoisotopic (exact) mass is 468 g/mol. The minimum absolute atomic E-state index is 0.230. The number of nitrogens with zero attached hydrogens (tertiary/aromatic N) is 1. The molecule has 1 N–H and O–H groups in total. The van der Waals surface area contributed by atoms with E-state index >= 15 is 0 Å². The molecule has 0 radical (unpaired) electrons. The van der Waals surface area contributed by atoms with Gasteiger partial charge in [0.1, 0.15) is 18.2 Å². The average molecular weight is 469 g/mol. The summed E-state index contributed by atoms with van der Waals surface area (Å²) in [5, 5.41) is 12.5. The average Bonchev–Trinajstić information content (AvgIpc) is 3.16. The number of rotatable bonds is 7. The molecule has 1 heterocycles. The maximum absolute atomic E-state index is 13.2. The van der Waals surface area contributed by atoms with Crippen molar-refractivity contribution >= 4 is 26.8 Å².